The van der Waals surface area contributed by atoms with E-state index in [0.29, 0.717) is 12.1 Å². The smallest absolute Gasteiger partial charge is 0.159 e. The molecule has 2 aromatic rings. The van der Waals surface area contributed by atoms with Crippen molar-refractivity contribution in [3.63, 3.8) is 0 Å². The molecule has 0 aliphatic heterocycles. The Morgan fingerprint density at radius 2 is 2.00 bits per heavy atom. The third-order valence-corrected chi connectivity index (χ3v) is 3.85. The van der Waals surface area contributed by atoms with Crippen molar-refractivity contribution in [3.05, 3.63) is 51.8 Å². The van der Waals surface area contributed by atoms with E-state index in [4.69, 9.17) is 0 Å². The lowest BCUT2D eigenvalue weighted by Crippen LogP contribution is -2.26. The molecule has 0 radical (unpaired) electrons. The van der Waals surface area contributed by atoms with Gasteiger partial charge in [0.1, 0.15) is 0 Å². The Morgan fingerprint density at radius 1 is 1.29 bits per heavy atom. The molecule has 114 valence electrons. The highest BCUT2D eigenvalue weighted by Gasteiger charge is 2.23. The van der Waals surface area contributed by atoms with E-state index in [1.165, 1.54) is 6.07 Å². The molecule has 1 aromatic heterocycles. The third-order valence-electron chi connectivity index (χ3n) is 3.23. The molecule has 0 aliphatic carbocycles. The van der Waals surface area contributed by atoms with Gasteiger partial charge in [-0.25, -0.2) is 8.78 Å². The van der Waals surface area contributed by atoms with Crippen molar-refractivity contribution in [2.24, 2.45) is 0 Å². The van der Waals surface area contributed by atoms with Gasteiger partial charge < -0.3 is 5.32 Å². The summed E-state index contributed by atoms with van der Waals surface area (Å²) in [6, 6.07) is 3.88. The predicted molar refractivity (Wildman–Crippen MR) is 82.2 cm³/mol. The molecule has 0 saturated carbocycles. The van der Waals surface area contributed by atoms with Gasteiger partial charge in [-0.3, -0.25) is 4.68 Å². The van der Waals surface area contributed by atoms with Crippen LogP contribution in [0.1, 0.15) is 44.1 Å². The van der Waals surface area contributed by atoms with Gasteiger partial charge in [-0.2, -0.15) is 5.10 Å². The first-order chi connectivity index (χ1) is 9.95. The normalized spacial score (nSPS) is 12.9. The van der Waals surface area contributed by atoms with E-state index in [-0.39, 0.29) is 12.1 Å². The molecule has 1 aromatic carbocycles. The first-order valence-corrected chi connectivity index (χ1v) is 7.66. The maximum Gasteiger partial charge on any atom is 0.159 e. The Morgan fingerprint density at radius 3 is 2.57 bits per heavy atom. The van der Waals surface area contributed by atoms with Crippen LogP contribution in [0, 0.1) is 11.6 Å². The maximum absolute atomic E-state index is 13.5. The lowest BCUT2D eigenvalue weighted by molar-refractivity contribution is 0.470. The van der Waals surface area contributed by atoms with Crippen LogP contribution in [0.25, 0.3) is 0 Å². The Balaban J connectivity index is 2.53. The molecule has 1 N–H and O–H groups in total. The van der Waals surface area contributed by atoms with Crippen molar-refractivity contribution < 1.29 is 8.78 Å². The minimum Gasteiger partial charge on any atom is -0.305 e. The van der Waals surface area contributed by atoms with Gasteiger partial charge >= 0.3 is 0 Å². The Kier molecular flexibility index (Phi) is 5.11. The van der Waals surface area contributed by atoms with Crippen LogP contribution in [0.4, 0.5) is 8.78 Å². The fourth-order valence-electron chi connectivity index (χ4n) is 2.30. The van der Waals surface area contributed by atoms with Crippen LogP contribution in [-0.2, 0) is 0 Å². The summed E-state index contributed by atoms with van der Waals surface area (Å²) in [5, 5.41) is 7.65. The van der Waals surface area contributed by atoms with Crippen molar-refractivity contribution in [1.29, 1.82) is 0 Å². The zero-order valence-electron chi connectivity index (χ0n) is 12.2. The Labute approximate surface area is 131 Å². The zero-order valence-corrected chi connectivity index (χ0v) is 13.8. The first kappa shape index (κ1) is 16.1. The lowest BCUT2D eigenvalue weighted by Gasteiger charge is -2.22. The number of nitrogens with zero attached hydrogens (tertiary/aromatic N) is 2. The third kappa shape index (κ3) is 3.32. The monoisotopic (exact) mass is 357 g/mol. The van der Waals surface area contributed by atoms with Gasteiger partial charge in [-0.15, -0.1) is 0 Å². The number of benzene rings is 1. The SMILES string of the molecule is CCNC(c1ccc(F)c(F)c1)c1c(Br)cnn1C(C)C. The highest BCUT2D eigenvalue weighted by molar-refractivity contribution is 9.10. The fraction of sp³-hybridized carbons (Fsp3) is 0.400. The molecule has 6 heteroatoms. The summed E-state index contributed by atoms with van der Waals surface area (Å²) in [5.74, 6) is -1.69. The molecule has 0 bridgehead atoms. The molecule has 1 heterocycles. The number of hydrogen-bond donors (Lipinski definition) is 1. The van der Waals surface area contributed by atoms with E-state index in [0.717, 1.165) is 16.2 Å². The van der Waals surface area contributed by atoms with Crippen LogP contribution in [0.15, 0.2) is 28.9 Å². The number of hydrogen-bond acceptors (Lipinski definition) is 2. The Hall–Kier alpha value is -1.27. The van der Waals surface area contributed by atoms with E-state index in [9.17, 15) is 8.78 Å². The number of rotatable bonds is 5. The second-order valence-electron chi connectivity index (χ2n) is 5.08. The second-order valence-corrected chi connectivity index (χ2v) is 5.93. The fourth-order valence-corrected chi connectivity index (χ4v) is 2.80. The van der Waals surface area contributed by atoms with Crippen LogP contribution in [0.5, 0.6) is 0 Å². The van der Waals surface area contributed by atoms with Gasteiger partial charge in [-0.1, -0.05) is 13.0 Å². The van der Waals surface area contributed by atoms with Crippen LogP contribution in [-0.4, -0.2) is 16.3 Å². The largest absolute Gasteiger partial charge is 0.305 e. The van der Waals surface area contributed by atoms with Gasteiger partial charge in [0, 0.05) is 6.04 Å². The number of nitrogens with one attached hydrogen (secondary N) is 1. The molecule has 21 heavy (non-hydrogen) atoms. The Bertz CT molecular complexity index is 625. The molecular formula is C15H18BrF2N3. The number of aromatic nitrogens is 2. The highest BCUT2D eigenvalue weighted by Crippen LogP contribution is 2.31. The molecule has 3 nitrogen and oxygen atoms in total. The van der Waals surface area contributed by atoms with Crippen LogP contribution >= 0.6 is 15.9 Å². The summed E-state index contributed by atoms with van der Waals surface area (Å²) in [7, 11) is 0. The predicted octanol–water partition coefficient (Wildman–Crippen LogP) is 4.20. The van der Waals surface area contributed by atoms with Gasteiger partial charge in [0.2, 0.25) is 0 Å². The minimum absolute atomic E-state index is 0.165. The van der Waals surface area contributed by atoms with E-state index in [2.05, 4.69) is 26.3 Å². The summed E-state index contributed by atoms with van der Waals surface area (Å²) in [6.45, 7) is 6.71. The van der Waals surface area contributed by atoms with Crippen molar-refractivity contribution >= 4 is 15.9 Å². The molecule has 2 rings (SSSR count). The van der Waals surface area contributed by atoms with Crippen LogP contribution in [0.3, 0.4) is 0 Å². The lowest BCUT2D eigenvalue weighted by atomic mass is 10.0. The molecule has 0 spiro atoms. The van der Waals surface area contributed by atoms with Crippen molar-refractivity contribution in [2.45, 2.75) is 32.9 Å². The quantitative estimate of drug-likeness (QED) is 0.868. The standard InChI is InChI=1S/C15H18BrF2N3/c1-4-19-14(10-5-6-12(17)13(18)7-10)15-11(16)8-20-21(15)9(2)3/h5-9,14,19H,4H2,1-3H3. The molecular weight excluding hydrogens is 340 g/mol. The van der Waals surface area contributed by atoms with Crippen LogP contribution < -0.4 is 5.32 Å². The summed E-state index contributed by atoms with van der Waals surface area (Å²) in [4.78, 5) is 0. The van der Waals surface area contributed by atoms with E-state index in [1.807, 2.05) is 25.5 Å². The summed E-state index contributed by atoms with van der Waals surface area (Å²) in [6.07, 6.45) is 1.72. The van der Waals surface area contributed by atoms with Crippen molar-refractivity contribution in [2.75, 3.05) is 6.54 Å². The number of halogens is 3. The molecule has 0 fully saturated rings. The van der Waals surface area contributed by atoms with Crippen molar-refractivity contribution in [1.82, 2.24) is 15.1 Å². The maximum atomic E-state index is 13.5. The summed E-state index contributed by atoms with van der Waals surface area (Å²) in [5.41, 5.74) is 1.57. The van der Waals surface area contributed by atoms with Gasteiger partial charge in [0.25, 0.3) is 0 Å². The average molecular weight is 358 g/mol. The molecule has 0 saturated heterocycles. The summed E-state index contributed by atoms with van der Waals surface area (Å²) < 4.78 is 29.4. The second kappa shape index (κ2) is 6.66. The average Bonchev–Trinajstić information content (AvgIpc) is 2.81. The highest BCUT2D eigenvalue weighted by atomic mass is 79.9. The topological polar surface area (TPSA) is 29.9 Å². The van der Waals surface area contributed by atoms with Gasteiger partial charge in [0.05, 0.1) is 22.4 Å². The molecule has 0 amide bonds. The first-order valence-electron chi connectivity index (χ1n) is 6.87. The van der Waals surface area contributed by atoms with E-state index in [1.54, 1.807) is 12.3 Å². The van der Waals surface area contributed by atoms with Crippen LogP contribution in [0.2, 0.25) is 0 Å². The van der Waals surface area contributed by atoms with Crippen molar-refractivity contribution in [3.8, 4) is 0 Å². The van der Waals surface area contributed by atoms with Gasteiger partial charge in [0.15, 0.2) is 11.6 Å². The van der Waals surface area contributed by atoms with Gasteiger partial charge in [-0.05, 0) is 54.0 Å². The molecule has 0 aliphatic rings. The minimum atomic E-state index is -0.845. The van der Waals surface area contributed by atoms with E-state index >= 15 is 0 Å². The molecule has 1 unspecified atom stereocenters. The zero-order chi connectivity index (χ0) is 15.6. The summed E-state index contributed by atoms with van der Waals surface area (Å²) >= 11 is 3.50. The van der Waals surface area contributed by atoms with E-state index < -0.39 is 11.6 Å². The molecule has 1 atom stereocenters.